The van der Waals surface area contributed by atoms with E-state index in [4.69, 9.17) is 5.11 Å². The van der Waals surface area contributed by atoms with E-state index in [0.29, 0.717) is 0 Å². The van der Waals surface area contributed by atoms with Gasteiger partial charge in [-0.15, -0.1) is 0 Å². The summed E-state index contributed by atoms with van der Waals surface area (Å²) in [6.45, 7) is 7.13. The molecule has 1 aromatic carbocycles. The summed E-state index contributed by atoms with van der Waals surface area (Å²) in [6.07, 6.45) is 3.78. The Morgan fingerprint density at radius 1 is 1.11 bits per heavy atom. The molecule has 6 nitrogen and oxygen atoms in total. The lowest BCUT2D eigenvalue weighted by Gasteiger charge is -2.40. The van der Waals surface area contributed by atoms with Gasteiger partial charge in [-0.05, 0) is 44.3 Å². The monoisotopic (exact) mass is 387 g/mol. The zero-order chi connectivity index (χ0) is 19.9. The minimum atomic E-state index is -0.777. The molecule has 0 aromatic heterocycles. The fraction of sp³-hybridized carbons (Fsp3) is 0.636. The molecule has 1 atom stereocenters. The maximum Gasteiger partial charge on any atom is 0.317 e. The summed E-state index contributed by atoms with van der Waals surface area (Å²) in [5.41, 5.74) is 1.30. The Bertz CT molecular complexity index is 644. The summed E-state index contributed by atoms with van der Waals surface area (Å²) in [4.78, 5) is 30.5. The van der Waals surface area contributed by atoms with Crippen molar-refractivity contribution in [3.05, 3.63) is 35.9 Å². The third kappa shape index (κ3) is 5.55. The summed E-state index contributed by atoms with van der Waals surface area (Å²) >= 11 is 0. The van der Waals surface area contributed by atoms with Gasteiger partial charge in [0.25, 0.3) is 0 Å². The van der Waals surface area contributed by atoms with Gasteiger partial charge in [-0.1, -0.05) is 37.3 Å². The summed E-state index contributed by atoms with van der Waals surface area (Å²) in [7, 11) is 0. The molecule has 1 amide bonds. The van der Waals surface area contributed by atoms with Crippen LogP contribution in [-0.2, 0) is 16.1 Å². The molecule has 2 fully saturated rings. The fourth-order valence-electron chi connectivity index (χ4n) is 4.62. The Balaban J connectivity index is 1.49. The number of hydrogen-bond donors (Lipinski definition) is 1. The summed E-state index contributed by atoms with van der Waals surface area (Å²) < 4.78 is 0. The van der Waals surface area contributed by atoms with Crippen molar-refractivity contribution in [2.45, 2.75) is 45.2 Å². The third-order valence-corrected chi connectivity index (χ3v) is 6.14. The lowest BCUT2D eigenvalue weighted by molar-refractivity contribution is -0.142. The van der Waals surface area contributed by atoms with E-state index in [2.05, 4.69) is 29.2 Å². The van der Waals surface area contributed by atoms with Gasteiger partial charge in [0, 0.05) is 32.2 Å². The molecular weight excluding hydrogens is 354 g/mol. The van der Waals surface area contributed by atoms with E-state index in [-0.39, 0.29) is 24.4 Å². The van der Waals surface area contributed by atoms with Crippen molar-refractivity contribution in [2.24, 2.45) is 5.92 Å². The zero-order valence-electron chi connectivity index (χ0n) is 16.9. The molecule has 1 aromatic rings. The van der Waals surface area contributed by atoms with Crippen LogP contribution in [0, 0.1) is 5.92 Å². The first-order chi connectivity index (χ1) is 13.6. The lowest BCUT2D eigenvalue weighted by atomic mass is 9.94. The smallest absolute Gasteiger partial charge is 0.317 e. The second-order valence-electron chi connectivity index (χ2n) is 8.07. The molecule has 1 unspecified atom stereocenters. The second-order valence-corrected chi connectivity index (χ2v) is 8.07. The van der Waals surface area contributed by atoms with Crippen LogP contribution in [0.25, 0.3) is 0 Å². The molecule has 154 valence electrons. The number of nitrogens with zero attached hydrogens (tertiary/aromatic N) is 3. The molecule has 0 aliphatic carbocycles. The van der Waals surface area contributed by atoms with Gasteiger partial charge in [0.1, 0.15) is 0 Å². The summed E-state index contributed by atoms with van der Waals surface area (Å²) in [6, 6.07) is 10.7. The number of carbonyl (C=O) groups is 2. The Labute approximate surface area is 168 Å². The molecule has 2 saturated heterocycles. The Hall–Kier alpha value is -1.92. The number of hydrogen-bond acceptors (Lipinski definition) is 4. The Kier molecular flexibility index (Phi) is 7.45. The van der Waals surface area contributed by atoms with Gasteiger partial charge in [-0.3, -0.25) is 19.4 Å². The third-order valence-electron chi connectivity index (χ3n) is 6.14. The average Bonchev–Trinajstić information content (AvgIpc) is 2.72. The number of piperidine rings is 2. The van der Waals surface area contributed by atoms with Crippen molar-refractivity contribution in [3.8, 4) is 0 Å². The first-order valence-corrected chi connectivity index (χ1v) is 10.6. The van der Waals surface area contributed by atoms with E-state index < -0.39 is 5.97 Å². The van der Waals surface area contributed by atoms with Gasteiger partial charge < -0.3 is 10.0 Å². The van der Waals surface area contributed by atoms with E-state index in [1.165, 1.54) is 5.56 Å². The van der Waals surface area contributed by atoms with Crippen LogP contribution in [0.15, 0.2) is 30.3 Å². The van der Waals surface area contributed by atoms with Crippen LogP contribution in [0.2, 0.25) is 0 Å². The molecule has 0 bridgehead atoms. The number of amides is 1. The first-order valence-electron chi connectivity index (χ1n) is 10.6. The highest BCUT2D eigenvalue weighted by molar-refractivity contribution is 5.79. The average molecular weight is 388 g/mol. The first kappa shape index (κ1) is 20.8. The van der Waals surface area contributed by atoms with Gasteiger partial charge in [0.15, 0.2) is 0 Å². The van der Waals surface area contributed by atoms with Crippen LogP contribution in [0.5, 0.6) is 0 Å². The number of benzene rings is 1. The quantitative estimate of drug-likeness (QED) is 0.778. The van der Waals surface area contributed by atoms with Gasteiger partial charge in [0.05, 0.1) is 12.5 Å². The van der Waals surface area contributed by atoms with Crippen molar-refractivity contribution >= 4 is 11.9 Å². The molecule has 1 N–H and O–H groups in total. The van der Waals surface area contributed by atoms with Gasteiger partial charge in [-0.25, -0.2) is 0 Å². The minimum Gasteiger partial charge on any atom is -0.480 e. The SMILES string of the molecule is CCN(CC(=O)O)C1CCN(C(=O)C2CCCN(Cc3ccccc3)C2)CC1. The van der Waals surface area contributed by atoms with Gasteiger partial charge in [-0.2, -0.15) is 0 Å². The molecule has 0 radical (unpaired) electrons. The van der Waals surface area contributed by atoms with E-state index in [1.54, 1.807) is 0 Å². The molecule has 28 heavy (non-hydrogen) atoms. The second kappa shape index (κ2) is 10.0. The van der Waals surface area contributed by atoms with Gasteiger partial charge in [0.2, 0.25) is 5.91 Å². The Morgan fingerprint density at radius 2 is 1.82 bits per heavy atom. The van der Waals surface area contributed by atoms with Crippen molar-refractivity contribution in [2.75, 3.05) is 39.3 Å². The minimum absolute atomic E-state index is 0.0895. The van der Waals surface area contributed by atoms with Crippen LogP contribution in [0.4, 0.5) is 0 Å². The number of likely N-dealkylation sites (tertiary alicyclic amines) is 2. The van der Waals surface area contributed by atoms with Gasteiger partial charge >= 0.3 is 5.97 Å². The highest BCUT2D eigenvalue weighted by atomic mass is 16.4. The highest BCUT2D eigenvalue weighted by Gasteiger charge is 2.32. The molecular formula is C22H33N3O3. The predicted molar refractivity (Wildman–Crippen MR) is 109 cm³/mol. The fourth-order valence-corrected chi connectivity index (χ4v) is 4.62. The van der Waals surface area contributed by atoms with E-state index in [1.807, 2.05) is 22.8 Å². The Morgan fingerprint density at radius 3 is 2.46 bits per heavy atom. The highest BCUT2D eigenvalue weighted by Crippen LogP contribution is 2.24. The van der Waals surface area contributed by atoms with Crippen molar-refractivity contribution in [1.82, 2.24) is 14.7 Å². The zero-order valence-corrected chi connectivity index (χ0v) is 16.9. The number of likely N-dealkylation sites (N-methyl/N-ethyl adjacent to an activating group) is 1. The van der Waals surface area contributed by atoms with E-state index >= 15 is 0 Å². The number of carboxylic acids is 1. The predicted octanol–water partition coefficient (Wildman–Crippen LogP) is 2.30. The topological polar surface area (TPSA) is 64.1 Å². The van der Waals surface area contributed by atoms with Crippen molar-refractivity contribution < 1.29 is 14.7 Å². The van der Waals surface area contributed by atoms with Crippen LogP contribution >= 0.6 is 0 Å². The molecule has 0 saturated carbocycles. The van der Waals surface area contributed by atoms with E-state index in [0.717, 1.165) is 65.0 Å². The lowest BCUT2D eigenvalue weighted by Crippen LogP contribution is -2.51. The molecule has 2 aliphatic heterocycles. The maximum atomic E-state index is 13.1. The largest absolute Gasteiger partial charge is 0.480 e. The molecule has 2 heterocycles. The number of rotatable bonds is 7. The van der Waals surface area contributed by atoms with Crippen LogP contribution < -0.4 is 0 Å². The number of aliphatic carboxylic acids is 1. The molecule has 6 heteroatoms. The summed E-state index contributed by atoms with van der Waals surface area (Å²) in [5.74, 6) is -0.395. The van der Waals surface area contributed by atoms with Crippen molar-refractivity contribution in [3.63, 3.8) is 0 Å². The maximum absolute atomic E-state index is 13.1. The molecule has 2 aliphatic rings. The van der Waals surface area contributed by atoms with Crippen LogP contribution in [0.3, 0.4) is 0 Å². The molecule has 0 spiro atoms. The molecule has 3 rings (SSSR count). The van der Waals surface area contributed by atoms with Crippen molar-refractivity contribution in [1.29, 1.82) is 0 Å². The number of carbonyl (C=O) groups excluding carboxylic acids is 1. The van der Waals surface area contributed by atoms with Crippen LogP contribution in [0.1, 0.15) is 38.2 Å². The van der Waals surface area contributed by atoms with Crippen LogP contribution in [-0.4, -0.2) is 77.0 Å². The van der Waals surface area contributed by atoms with E-state index in [9.17, 15) is 9.59 Å². The standard InChI is InChI=1S/C22H33N3O3/c1-2-24(17-21(26)27)20-10-13-25(14-11-20)22(28)19-9-6-12-23(16-19)15-18-7-4-3-5-8-18/h3-5,7-8,19-20H,2,6,9-17H2,1H3,(H,26,27). The normalized spacial score (nSPS) is 21.8. The number of carboxylic acid groups (broad SMARTS) is 1. The summed E-state index contributed by atoms with van der Waals surface area (Å²) in [5, 5.41) is 9.08.